The molecule has 4 heteroatoms. The summed E-state index contributed by atoms with van der Waals surface area (Å²) >= 11 is 0. The van der Waals surface area contributed by atoms with Crippen LogP contribution in [0.4, 0.5) is 0 Å². The normalized spacial score (nSPS) is 11.8. The SMILES string of the molecule is c1ccc2c(c1)c1ccc3c4ccccc4n(-c4ccncc4)c3c1n2-c1ccncc1. The molecule has 4 heterocycles. The molecular weight excluding hydrogens is 392 g/mol. The Morgan fingerprint density at radius 2 is 0.812 bits per heavy atom. The van der Waals surface area contributed by atoms with Crippen LogP contribution in [0.2, 0.25) is 0 Å². The van der Waals surface area contributed by atoms with Crippen molar-refractivity contribution in [3.63, 3.8) is 0 Å². The Morgan fingerprint density at radius 1 is 0.406 bits per heavy atom. The summed E-state index contributed by atoms with van der Waals surface area (Å²) in [5, 5.41) is 4.96. The smallest absolute Gasteiger partial charge is 0.0788 e. The van der Waals surface area contributed by atoms with Crippen LogP contribution in [0.5, 0.6) is 0 Å². The number of benzene rings is 3. The highest BCUT2D eigenvalue weighted by Crippen LogP contribution is 2.41. The Hall–Kier alpha value is -4.44. The lowest BCUT2D eigenvalue weighted by Gasteiger charge is -2.12. The summed E-state index contributed by atoms with van der Waals surface area (Å²) < 4.78 is 4.73. The molecule has 7 rings (SSSR count). The van der Waals surface area contributed by atoms with Gasteiger partial charge in [-0.25, -0.2) is 0 Å². The van der Waals surface area contributed by atoms with Crippen LogP contribution in [0, 0.1) is 0 Å². The summed E-state index contributed by atoms with van der Waals surface area (Å²) in [7, 11) is 0. The van der Waals surface area contributed by atoms with E-state index in [-0.39, 0.29) is 0 Å². The van der Waals surface area contributed by atoms with Crippen molar-refractivity contribution in [3.8, 4) is 11.4 Å². The predicted molar refractivity (Wildman–Crippen MR) is 131 cm³/mol. The van der Waals surface area contributed by atoms with Gasteiger partial charge < -0.3 is 9.13 Å². The first-order chi connectivity index (χ1) is 15.9. The number of hydrogen-bond donors (Lipinski definition) is 0. The molecule has 4 aromatic heterocycles. The maximum absolute atomic E-state index is 4.25. The van der Waals surface area contributed by atoms with Crippen molar-refractivity contribution in [2.24, 2.45) is 0 Å². The number of para-hydroxylation sites is 2. The molecule has 3 aromatic carbocycles. The summed E-state index contributed by atoms with van der Waals surface area (Å²) in [4.78, 5) is 8.50. The molecule has 0 fully saturated rings. The van der Waals surface area contributed by atoms with Crippen LogP contribution in [-0.2, 0) is 0 Å². The Bertz CT molecular complexity index is 1630. The highest BCUT2D eigenvalue weighted by atomic mass is 15.0. The molecule has 0 radical (unpaired) electrons. The lowest BCUT2D eigenvalue weighted by Crippen LogP contribution is -1.98. The minimum atomic E-state index is 1.10. The minimum Gasteiger partial charge on any atom is -0.307 e. The highest BCUT2D eigenvalue weighted by molar-refractivity contribution is 6.23. The Kier molecular flexibility index (Phi) is 3.52. The molecule has 0 unspecified atom stereocenters. The van der Waals surface area contributed by atoms with Crippen LogP contribution in [0.15, 0.2) is 110 Å². The fourth-order valence-corrected chi connectivity index (χ4v) is 5.02. The Morgan fingerprint density at radius 3 is 1.25 bits per heavy atom. The maximum Gasteiger partial charge on any atom is 0.0788 e. The number of hydrogen-bond acceptors (Lipinski definition) is 2. The number of fused-ring (bicyclic) bond motifs is 7. The van der Waals surface area contributed by atoms with Gasteiger partial charge in [0.1, 0.15) is 0 Å². The van der Waals surface area contributed by atoms with Crippen molar-refractivity contribution in [1.29, 1.82) is 0 Å². The monoisotopic (exact) mass is 410 g/mol. The zero-order valence-corrected chi connectivity index (χ0v) is 17.2. The van der Waals surface area contributed by atoms with Crippen molar-refractivity contribution in [2.45, 2.75) is 0 Å². The van der Waals surface area contributed by atoms with Crippen molar-refractivity contribution < 1.29 is 0 Å². The molecule has 0 aliphatic rings. The third-order valence-electron chi connectivity index (χ3n) is 6.31. The van der Waals surface area contributed by atoms with Gasteiger partial charge in [-0.15, -0.1) is 0 Å². The molecular formula is C28H18N4. The second kappa shape index (κ2) is 6.53. The number of aromatic nitrogens is 4. The van der Waals surface area contributed by atoms with Crippen molar-refractivity contribution in [3.05, 3.63) is 110 Å². The molecule has 0 amide bonds. The number of rotatable bonds is 2. The lowest BCUT2D eigenvalue weighted by molar-refractivity contribution is 1.13. The number of pyridine rings is 2. The molecule has 0 N–H and O–H groups in total. The largest absolute Gasteiger partial charge is 0.307 e. The predicted octanol–water partition coefficient (Wildman–Crippen LogP) is 6.67. The number of nitrogens with zero attached hydrogens (tertiary/aromatic N) is 4. The van der Waals surface area contributed by atoms with E-state index in [1.807, 2.05) is 24.8 Å². The van der Waals surface area contributed by atoms with Gasteiger partial charge in [-0.1, -0.05) is 48.5 Å². The Labute approximate surface area is 184 Å². The average molecular weight is 410 g/mol. The van der Waals surface area contributed by atoms with Crippen LogP contribution >= 0.6 is 0 Å². The fourth-order valence-electron chi connectivity index (χ4n) is 5.02. The van der Waals surface area contributed by atoms with Gasteiger partial charge in [-0.05, 0) is 36.4 Å². The van der Waals surface area contributed by atoms with Gasteiger partial charge in [-0.2, -0.15) is 0 Å². The van der Waals surface area contributed by atoms with Gasteiger partial charge in [0.05, 0.1) is 22.1 Å². The van der Waals surface area contributed by atoms with Gasteiger partial charge in [0.15, 0.2) is 0 Å². The van der Waals surface area contributed by atoms with Gasteiger partial charge in [0.2, 0.25) is 0 Å². The van der Waals surface area contributed by atoms with E-state index < -0.39 is 0 Å². The molecule has 32 heavy (non-hydrogen) atoms. The van der Waals surface area contributed by atoms with E-state index in [9.17, 15) is 0 Å². The first kappa shape index (κ1) is 17.3. The first-order valence-corrected chi connectivity index (χ1v) is 10.7. The zero-order chi connectivity index (χ0) is 21.1. The second-order valence-corrected chi connectivity index (χ2v) is 7.97. The van der Waals surface area contributed by atoms with E-state index in [2.05, 4.69) is 104 Å². The lowest BCUT2D eigenvalue weighted by atomic mass is 10.1. The molecule has 0 spiro atoms. The molecule has 0 bridgehead atoms. The average Bonchev–Trinajstić information content (AvgIpc) is 3.38. The molecule has 4 nitrogen and oxygen atoms in total. The summed E-state index contributed by atoms with van der Waals surface area (Å²) in [6, 6.07) is 30.1. The summed E-state index contributed by atoms with van der Waals surface area (Å²) in [6.07, 6.45) is 7.42. The summed E-state index contributed by atoms with van der Waals surface area (Å²) in [5.74, 6) is 0. The molecule has 0 saturated heterocycles. The van der Waals surface area contributed by atoms with Gasteiger partial charge in [0, 0.05) is 57.7 Å². The zero-order valence-electron chi connectivity index (χ0n) is 17.2. The second-order valence-electron chi connectivity index (χ2n) is 7.97. The van der Waals surface area contributed by atoms with E-state index in [4.69, 9.17) is 0 Å². The van der Waals surface area contributed by atoms with Crippen molar-refractivity contribution >= 4 is 43.6 Å². The molecule has 7 aromatic rings. The summed E-state index contributed by atoms with van der Waals surface area (Å²) in [5.41, 5.74) is 6.97. The van der Waals surface area contributed by atoms with Crippen LogP contribution in [-0.4, -0.2) is 19.1 Å². The topological polar surface area (TPSA) is 35.6 Å². The molecule has 0 aliphatic heterocycles. The van der Waals surface area contributed by atoms with Crippen LogP contribution in [0.3, 0.4) is 0 Å². The minimum absolute atomic E-state index is 1.10. The van der Waals surface area contributed by atoms with E-state index in [1.54, 1.807) is 0 Å². The van der Waals surface area contributed by atoms with E-state index in [0.29, 0.717) is 0 Å². The highest BCUT2D eigenvalue weighted by Gasteiger charge is 2.20. The van der Waals surface area contributed by atoms with E-state index >= 15 is 0 Å². The van der Waals surface area contributed by atoms with E-state index in [1.165, 1.54) is 43.6 Å². The van der Waals surface area contributed by atoms with E-state index in [0.717, 1.165) is 11.4 Å². The van der Waals surface area contributed by atoms with Gasteiger partial charge >= 0.3 is 0 Å². The molecule has 150 valence electrons. The molecule has 0 saturated carbocycles. The first-order valence-electron chi connectivity index (χ1n) is 10.7. The van der Waals surface area contributed by atoms with Crippen LogP contribution in [0.1, 0.15) is 0 Å². The standard InChI is InChI=1S/C28H18N4/c1-3-7-25-21(5-1)23-9-10-24-22-6-2-4-8-26(22)32(20-13-17-30-18-14-20)28(24)27(23)31(25)19-11-15-29-16-12-19/h1-18H. The van der Waals surface area contributed by atoms with Gasteiger partial charge in [0.25, 0.3) is 0 Å². The third kappa shape index (κ3) is 2.26. The fraction of sp³-hybridized carbons (Fsp3) is 0. The Balaban J connectivity index is 1.81. The summed E-state index contributed by atoms with van der Waals surface area (Å²) in [6.45, 7) is 0. The quantitative estimate of drug-likeness (QED) is 0.319. The van der Waals surface area contributed by atoms with Gasteiger partial charge in [-0.3, -0.25) is 9.97 Å². The van der Waals surface area contributed by atoms with Crippen LogP contribution in [0.25, 0.3) is 55.0 Å². The van der Waals surface area contributed by atoms with Crippen molar-refractivity contribution in [2.75, 3.05) is 0 Å². The molecule has 0 aliphatic carbocycles. The maximum atomic E-state index is 4.25. The van der Waals surface area contributed by atoms with Crippen LogP contribution < -0.4 is 0 Å². The third-order valence-corrected chi connectivity index (χ3v) is 6.31. The van der Waals surface area contributed by atoms with Crippen molar-refractivity contribution in [1.82, 2.24) is 19.1 Å². The molecule has 0 atom stereocenters.